The fraction of sp³-hybridized carbons (Fsp3) is 0.600. The van der Waals surface area contributed by atoms with E-state index >= 15 is 0 Å². The minimum absolute atomic E-state index is 0.163. The van der Waals surface area contributed by atoms with Gasteiger partial charge in [-0.2, -0.15) is 13.2 Å². The highest BCUT2D eigenvalue weighted by Gasteiger charge is 2.33. The van der Waals surface area contributed by atoms with E-state index in [4.69, 9.17) is 9.78 Å². The van der Waals surface area contributed by atoms with Gasteiger partial charge in [-0.15, -0.1) is 0 Å². The van der Waals surface area contributed by atoms with Crippen LogP contribution in [0.5, 0.6) is 0 Å². The number of halogens is 3. The summed E-state index contributed by atoms with van der Waals surface area (Å²) in [6.45, 7) is 7.10. The maximum Gasteiger partial charge on any atom is 0.391 e. The van der Waals surface area contributed by atoms with Crippen molar-refractivity contribution in [3.63, 3.8) is 0 Å². The van der Waals surface area contributed by atoms with Crippen molar-refractivity contribution >= 4 is 0 Å². The molecule has 1 aromatic rings. The average molecular weight is 290 g/mol. The Hall–Kier alpha value is -1.07. The van der Waals surface area contributed by atoms with E-state index < -0.39 is 24.3 Å². The van der Waals surface area contributed by atoms with E-state index in [1.807, 2.05) is 19.1 Å². The molecule has 0 radical (unpaired) electrons. The molecule has 0 aliphatic heterocycles. The molecule has 0 N–H and O–H groups in total. The Morgan fingerprint density at radius 1 is 1.05 bits per heavy atom. The molecule has 0 aliphatic carbocycles. The normalized spacial score (nSPS) is 14.3. The first-order valence-electron chi connectivity index (χ1n) is 6.52. The molecule has 0 bridgehead atoms. The Balaban J connectivity index is 2.69. The predicted molar refractivity (Wildman–Crippen MR) is 71.3 cm³/mol. The molecule has 0 heterocycles. The van der Waals surface area contributed by atoms with Crippen LogP contribution in [-0.4, -0.2) is 17.9 Å². The van der Waals surface area contributed by atoms with Crippen LogP contribution in [-0.2, 0) is 16.2 Å². The van der Waals surface area contributed by atoms with Gasteiger partial charge in [-0.25, -0.2) is 9.78 Å². The van der Waals surface area contributed by atoms with Crippen LogP contribution in [0, 0.1) is 6.92 Å². The van der Waals surface area contributed by atoms with Crippen LogP contribution in [0.15, 0.2) is 24.3 Å². The van der Waals surface area contributed by atoms with Gasteiger partial charge in [-0.1, -0.05) is 29.8 Å². The van der Waals surface area contributed by atoms with Crippen LogP contribution in [0.2, 0.25) is 0 Å². The number of aryl methyl sites for hydroxylation is 1. The van der Waals surface area contributed by atoms with Crippen LogP contribution in [0.1, 0.15) is 38.3 Å². The monoisotopic (exact) mass is 290 g/mol. The predicted octanol–water partition coefficient (Wildman–Crippen LogP) is 4.61. The zero-order valence-electron chi connectivity index (χ0n) is 12.3. The lowest BCUT2D eigenvalue weighted by molar-refractivity contribution is -0.381. The van der Waals surface area contributed by atoms with E-state index in [0.29, 0.717) is 0 Å². The topological polar surface area (TPSA) is 18.5 Å². The van der Waals surface area contributed by atoms with Crippen molar-refractivity contribution in [1.82, 2.24) is 0 Å². The second-order valence-corrected chi connectivity index (χ2v) is 5.92. The smallest absolute Gasteiger partial charge is 0.232 e. The summed E-state index contributed by atoms with van der Waals surface area (Å²) >= 11 is 0. The lowest BCUT2D eigenvalue weighted by atomic mass is 10.0. The Morgan fingerprint density at radius 2 is 1.60 bits per heavy atom. The molecule has 1 aromatic carbocycles. The van der Waals surface area contributed by atoms with E-state index in [9.17, 15) is 13.2 Å². The van der Waals surface area contributed by atoms with Gasteiger partial charge in [0.05, 0.1) is 12.0 Å². The van der Waals surface area contributed by atoms with E-state index in [1.165, 1.54) is 0 Å². The van der Waals surface area contributed by atoms with Crippen molar-refractivity contribution in [2.75, 3.05) is 0 Å². The Labute approximate surface area is 117 Å². The molecule has 0 saturated heterocycles. The van der Waals surface area contributed by atoms with Gasteiger partial charge in [0.15, 0.2) is 0 Å². The van der Waals surface area contributed by atoms with Gasteiger partial charge < -0.3 is 0 Å². The van der Waals surface area contributed by atoms with Gasteiger partial charge in [-0.05, 0) is 33.3 Å². The molecule has 20 heavy (non-hydrogen) atoms. The molecule has 2 nitrogen and oxygen atoms in total. The van der Waals surface area contributed by atoms with Gasteiger partial charge in [-0.3, -0.25) is 0 Å². The maximum atomic E-state index is 12.6. The maximum absolute atomic E-state index is 12.6. The zero-order valence-corrected chi connectivity index (χ0v) is 12.3. The first-order chi connectivity index (χ1) is 9.05. The fourth-order valence-electron chi connectivity index (χ4n) is 1.60. The lowest BCUT2D eigenvalue weighted by Gasteiger charge is -2.24. The highest BCUT2D eigenvalue weighted by molar-refractivity contribution is 5.21. The molecule has 0 aliphatic rings. The number of hydrogen-bond donors (Lipinski definition) is 0. The average Bonchev–Trinajstić information content (AvgIpc) is 2.26. The molecular weight excluding hydrogens is 269 g/mol. The highest BCUT2D eigenvalue weighted by atomic mass is 19.4. The summed E-state index contributed by atoms with van der Waals surface area (Å²) in [6, 6.07) is 7.34. The van der Waals surface area contributed by atoms with Gasteiger partial charge in [0.1, 0.15) is 6.10 Å². The third-order valence-electron chi connectivity index (χ3n) is 2.48. The second-order valence-electron chi connectivity index (χ2n) is 5.92. The molecule has 0 spiro atoms. The van der Waals surface area contributed by atoms with Crippen LogP contribution in [0.25, 0.3) is 0 Å². The second kappa shape index (κ2) is 6.59. The molecule has 5 heteroatoms. The number of benzene rings is 1. The van der Waals surface area contributed by atoms with Crippen LogP contribution >= 0.6 is 0 Å². The standard InChI is InChI=1S/C15H21F3O2/c1-11-5-7-12(8-6-11)9-13(10-15(16,17)18)19-20-14(2,3)4/h5-8,13H,9-10H2,1-4H3. The molecule has 1 atom stereocenters. The van der Waals surface area contributed by atoms with Gasteiger partial charge in [0.25, 0.3) is 0 Å². The van der Waals surface area contributed by atoms with Gasteiger partial charge >= 0.3 is 6.18 Å². The number of rotatable bonds is 5. The largest absolute Gasteiger partial charge is 0.391 e. The molecule has 0 aromatic heterocycles. The van der Waals surface area contributed by atoms with Crippen molar-refractivity contribution in [2.45, 2.75) is 58.4 Å². The molecule has 1 unspecified atom stereocenters. The third kappa shape index (κ3) is 7.50. The number of alkyl halides is 3. The minimum atomic E-state index is -4.28. The van der Waals surface area contributed by atoms with Crippen molar-refractivity contribution in [1.29, 1.82) is 0 Å². The van der Waals surface area contributed by atoms with Gasteiger partial charge in [0, 0.05) is 6.42 Å². The molecule has 0 saturated carbocycles. The summed E-state index contributed by atoms with van der Waals surface area (Å²) in [6.07, 6.45) is -6.19. The van der Waals surface area contributed by atoms with Crippen molar-refractivity contribution < 1.29 is 22.9 Å². The Bertz CT molecular complexity index is 405. The van der Waals surface area contributed by atoms with Crippen molar-refractivity contribution in [3.05, 3.63) is 35.4 Å². The molecule has 0 fully saturated rings. The van der Waals surface area contributed by atoms with E-state index in [-0.39, 0.29) is 6.42 Å². The fourth-order valence-corrected chi connectivity index (χ4v) is 1.60. The summed E-state index contributed by atoms with van der Waals surface area (Å²) in [4.78, 5) is 10.0. The SMILES string of the molecule is Cc1ccc(CC(CC(F)(F)F)OOC(C)(C)C)cc1. The molecular formula is C15H21F3O2. The summed E-state index contributed by atoms with van der Waals surface area (Å²) in [7, 11) is 0. The highest BCUT2D eigenvalue weighted by Crippen LogP contribution is 2.26. The van der Waals surface area contributed by atoms with Gasteiger partial charge in [0.2, 0.25) is 0 Å². The first kappa shape index (κ1) is 17.0. The summed E-state index contributed by atoms with van der Waals surface area (Å²) in [5, 5.41) is 0. The van der Waals surface area contributed by atoms with Crippen molar-refractivity contribution in [3.8, 4) is 0 Å². The summed E-state index contributed by atoms with van der Waals surface area (Å²) in [5.74, 6) is 0. The van der Waals surface area contributed by atoms with E-state index in [0.717, 1.165) is 11.1 Å². The summed E-state index contributed by atoms with van der Waals surface area (Å²) < 4.78 is 37.7. The molecule has 114 valence electrons. The van der Waals surface area contributed by atoms with Crippen molar-refractivity contribution in [2.24, 2.45) is 0 Å². The molecule has 0 amide bonds. The zero-order chi connectivity index (χ0) is 15.4. The van der Waals surface area contributed by atoms with Crippen LogP contribution in [0.3, 0.4) is 0 Å². The Kier molecular flexibility index (Phi) is 5.59. The summed E-state index contributed by atoms with van der Waals surface area (Å²) in [5.41, 5.74) is 1.22. The quantitative estimate of drug-likeness (QED) is 0.582. The first-order valence-corrected chi connectivity index (χ1v) is 6.52. The third-order valence-corrected chi connectivity index (χ3v) is 2.48. The minimum Gasteiger partial charge on any atom is -0.232 e. The van der Waals surface area contributed by atoms with E-state index in [2.05, 4.69) is 0 Å². The van der Waals surface area contributed by atoms with Crippen LogP contribution < -0.4 is 0 Å². The van der Waals surface area contributed by atoms with E-state index in [1.54, 1.807) is 32.9 Å². The Morgan fingerprint density at radius 3 is 2.05 bits per heavy atom. The number of hydrogen-bond acceptors (Lipinski definition) is 2. The lowest BCUT2D eigenvalue weighted by Crippen LogP contribution is -2.29. The molecule has 1 rings (SSSR count). The van der Waals surface area contributed by atoms with Crippen LogP contribution in [0.4, 0.5) is 13.2 Å².